The number of benzene rings is 1. The van der Waals surface area contributed by atoms with Gasteiger partial charge in [0.05, 0.1) is 29.1 Å². The molecule has 1 aromatic carbocycles. The number of aliphatic hydroxyl groups excluding tert-OH is 1. The average Bonchev–Trinajstić information content (AvgIpc) is 2.43. The second-order valence-electron chi connectivity index (χ2n) is 3.89. The second kappa shape index (κ2) is 5.94. The Kier molecular flexibility index (Phi) is 4.26. The highest BCUT2D eigenvalue weighted by molar-refractivity contribution is 6.34. The van der Waals surface area contributed by atoms with Gasteiger partial charge in [-0.05, 0) is 18.2 Å². The Morgan fingerprint density at radius 1 is 1.35 bits per heavy atom. The Balaban J connectivity index is 2.31. The van der Waals surface area contributed by atoms with Crippen molar-refractivity contribution < 1.29 is 18.7 Å². The summed E-state index contributed by atoms with van der Waals surface area (Å²) in [5.41, 5.74) is 0.492. The van der Waals surface area contributed by atoms with Gasteiger partial charge in [0, 0.05) is 11.8 Å². The summed E-state index contributed by atoms with van der Waals surface area (Å²) in [5, 5.41) is 11.3. The molecule has 0 fully saturated rings. The maximum atomic E-state index is 13.1. The van der Waals surface area contributed by atoms with Gasteiger partial charge >= 0.3 is 0 Å². The number of nitrogens with one attached hydrogen (secondary N) is 1. The number of aliphatic hydroxyl groups is 1. The summed E-state index contributed by atoms with van der Waals surface area (Å²) in [5.74, 6) is -3.03. The van der Waals surface area contributed by atoms with E-state index < -0.39 is 17.5 Å². The van der Waals surface area contributed by atoms with Gasteiger partial charge in [-0.3, -0.25) is 9.78 Å². The van der Waals surface area contributed by atoms with E-state index in [-0.39, 0.29) is 22.9 Å². The van der Waals surface area contributed by atoms with Crippen LogP contribution in [-0.4, -0.2) is 16.0 Å². The molecule has 7 heteroatoms. The number of hydrogen-bond acceptors (Lipinski definition) is 3. The van der Waals surface area contributed by atoms with Crippen LogP contribution in [0.4, 0.5) is 14.5 Å². The zero-order chi connectivity index (χ0) is 14.7. The van der Waals surface area contributed by atoms with E-state index in [0.717, 1.165) is 6.07 Å². The highest BCUT2D eigenvalue weighted by atomic mass is 35.5. The Morgan fingerprint density at radius 3 is 2.75 bits per heavy atom. The molecule has 0 aliphatic rings. The lowest BCUT2D eigenvalue weighted by Crippen LogP contribution is -2.14. The average molecular weight is 299 g/mol. The van der Waals surface area contributed by atoms with E-state index in [0.29, 0.717) is 11.6 Å². The molecule has 0 aliphatic carbocycles. The van der Waals surface area contributed by atoms with Gasteiger partial charge in [-0.1, -0.05) is 11.6 Å². The second-order valence-corrected chi connectivity index (χ2v) is 4.30. The van der Waals surface area contributed by atoms with Gasteiger partial charge in [-0.15, -0.1) is 0 Å². The molecule has 104 valence electrons. The first-order valence-corrected chi connectivity index (χ1v) is 5.90. The molecule has 0 saturated heterocycles. The third-order valence-electron chi connectivity index (χ3n) is 2.58. The fourth-order valence-corrected chi connectivity index (χ4v) is 1.80. The van der Waals surface area contributed by atoms with E-state index in [4.69, 9.17) is 16.7 Å². The fourth-order valence-electron chi connectivity index (χ4n) is 1.56. The van der Waals surface area contributed by atoms with Crippen LogP contribution in [0.15, 0.2) is 30.6 Å². The third-order valence-corrected chi connectivity index (χ3v) is 2.90. The summed E-state index contributed by atoms with van der Waals surface area (Å²) in [6.45, 7) is -0.302. The van der Waals surface area contributed by atoms with E-state index in [2.05, 4.69) is 10.3 Å². The van der Waals surface area contributed by atoms with Crippen LogP contribution in [0, 0.1) is 11.6 Å². The van der Waals surface area contributed by atoms with E-state index in [9.17, 15) is 13.6 Å². The van der Waals surface area contributed by atoms with E-state index >= 15 is 0 Å². The third kappa shape index (κ3) is 2.92. The number of aromatic nitrogens is 1. The molecule has 0 unspecified atom stereocenters. The lowest BCUT2D eigenvalue weighted by atomic mass is 10.1. The van der Waals surface area contributed by atoms with Crippen molar-refractivity contribution in [3.05, 3.63) is 58.4 Å². The first-order valence-electron chi connectivity index (χ1n) is 5.52. The Morgan fingerprint density at radius 2 is 2.05 bits per heavy atom. The number of rotatable bonds is 3. The number of halogens is 3. The van der Waals surface area contributed by atoms with Crippen LogP contribution in [0.2, 0.25) is 5.02 Å². The van der Waals surface area contributed by atoms with Crippen LogP contribution in [0.5, 0.6) is 0 Å². The number of anilines is 1. The standard InChI is InChI=1S/C13H9ClF2N2O2/c14-9-4-11(16)10(15)3-8(9)13(20)18-12-5-17-2-1-7(12)6-19/h1-5,19H,6H2,(H,18,20). The Hall–Kier alpha value is -2.05. The van der Waals surface area contributed by atoms with Gasteiger partial charge in [0.25, 0.3) is 5.91 Å². The number of amides is 1. The molecule has 1 amide bonds. The molecule has 0 spiro atoms. The molecule has 2 aromatic rings. The molecule has 2 rings (SSSR count). The largest absolute Gasteiger partial charge is 0.392 e. The molecule has 20 heavy (non-hydrogen) atoms. The topological polar surface area (TPSA) is 62.2 Å². The first kappa shape index (κ1) is 14.4. The monoisotopic (exact) mass is 298 g/mol. The van der Waals surface area contributed by atoms with Gasteiger partial charge in [-0.25, -0.2) is 8.78 Å². The van der Waals surface area contributed by atoms with Gasteiger partial charge in [-0.2, -0.15) is 0 Å². The lowest BCUT2D eigenvalue weighted by molar-refractivity contribution is 0.102. The highest BCUT2D eigenvalue weighted by Crippen LogP contribution is 2.22. The van der Waals surface area contributed by atoms with Gasteiger partial charge in [0.15, 0.2) is 11.6 Å². The molecule has 2 N–H and O–H groups in total. The van der Waals surface area contributed by atoms with Gasteiger partial charge < -0.3 is 10.4 Å². The smallest absolute Gasteiger partial charge is 0.257 e. The van der Waals surface area contributed by atoms with Crippen LogP contribution < -0.4 is 5.32 Å². The van der Waals surface area contributed by atoms with Crippen molar-refractivity contribution in [2.75, 3.05) is 5.32 Å². The number of nitrogens with zero attached hydrogens (tertiary/aromatic N) is 1. The van der Waals surface area contributed by atoms with Gasteiger partial charge in [0.2, 0.25) is 0 Å². The minimum Gasteiger partial charge on any atom is -0.392 e. The van der Waals surface area contributed by atoms with Crippen LogP contribution >= 0.6 is 11.6 Å². The summed E-state index contributed by atoms with van der Waals surface area (Å²) in [6, 6.07) is 2.95. The maximum Gasteiger partial charge on any atom is 0.257 e. The molecule has 0 atom stereocenters. The quantitative estimate of drug-likeness (QED) is 0.857. The lowest BCUT2D eigenvalue weighted by Gasteiger charge is -2.10. The molecular weight excluding hydrogens is 290 g/mol. The van der Waals surface area contributed by atoms with Crippen LogP contribution in [0.25, 0.3) is 0 Å². The fraction of sp³-hybridized carbons (Fsp3) is 0.0769. The van der Waals surface area contributed by atoms with Crippen LogP contribution in [0.3, 0.4) is 0 Å². The van der Waals surface area contributed by atoms with Gasteiger partial charge in [0.1, 0.15) is 0 Å². The van der Waals surface area contributed by atoms with E-state index in [1.807, 2.05) is 0 Å². The Labute approximate surface area is 118 Å². The predicted octanol–water partition coefficient (Wildman–Crippen LogP) is 2.76. The van der Waals surface area contributed by atoms with Crippen LogP contribution in [-0.2, 0) is 6.61 Å². The summed E-state index contributed by atoms with van der Waals surface area (Å²) in [7, 11) is 0. The molecule has 0 aliphatic heterocycles. The van der Waals surface area contributed by atoms with Crippen molar-refractivity contribution in [3.63, 3.8) is 0 Å². The summed E-state index contributed by atoms with van der Waals surface area (Å²) in [4.78, 5) is 15.8. The van der Waals surface area contributed by atoms with Crippen molar-refractivity contribution in [2.24, 2.45) is 0 Å². The maximum absolute atomic E-state index is 13.1. The molecule has 4 nitrogen and oxygen atoms in total. The minimum atomic E-state index is -1.17. The molecule has 1 aromatic heterocycles. The summed E-state index contributed by atoms with van der Waals surface area (Å²) in [6.07, 6.45) is 2.78. The van der Waals surface area contributed by atoms with Crippen molar-refractivity contribution >= 4 is 23.2 Å². The molecular formula is C13H9ClF2N2O2. The van der Waals surface area contributed by atoms with E-state index in [1.54, 1.807) is 0 Å². The number of hydrogen-bond donors (Lipinski definition) is 2. The predicted molar refractivity (Wildman–Crippen MR) is 69.5 cm³/mol. The summed E-state index contributed by atoms with van der Waals surface area (Å²) >= 11 is 5.70. The zero-order valence-electron chi connectivity index (χ0n) is 10.0. The zero-order valence-corrected chi connectivity index (χ0v) is 10.8. The highest BCUT2D eigenvalue weighted by Gasteiger charge is 2.16. The molecule has 1 heterocycles. The van der Waals surface area contributed by atoms with Crippen molar-refractivity contribution in [2.45, 2.75) is 6.61 Å². The minimum absolute atomic E-state index is 0.210. The van der Waals surface area contributed by atoms with Crippen LogP contribution in [0.1, 0.15) is 15.9 Å². The summed E-state index contributed by atoms with van der Waals surface area (Å²) < 4.78 is 26.1. The van der Waals surface area contributed by atoms with Crippen molar-refractivity contribution in [1.82, 2.24) is 4.98 Å². The van der Waals surface area contributed by atoms with E-state index in [1.165, 1.54) is 18.5 Å². The van der Waals surface area contributed by atoms with Crippen molar-refractivity contribution in [1.29, 1.82) is 0 Å². The Bertz CT molecular complexity index is 665. The van der Waals surface area contributed by atoms with Crippen molar-refractivity contribution in [3.8, 4) is 0 Å². The molecule has 0 saturated carbocycles. The SMILES string of the molecule is O=C(Nc1cnccc1CO)c1cc(F)c(F)cc1Cl. The number of pyridine rings is 1. The molecule has 0 radical (unpaired) electrons. The first-order chi connectivity index (χ1) is 9.52. The number of carbonyl (C=O) groups excluding carboxylic acids is 1. The normalized spacial score (nSPS) is 10.4. The molecule has 0 bridgehead atoms. The number of carbonyl (C=O) groups is 1.